The lowest BCUT2D eigenvalue weighted by Crippen LogP contribution is -2.33. The molecule has 0 atom stereocenters. The van der Waals surface area contributed by atoms with Crippen molar-refractivity contribution in [2.24, 2.45) is 0 Å². The molecule has 0 aliphatic heterocycles. The topological polar surface area (TPSA) is 131 Å². The van der Waals surface area contributed by atoms with E-state index in [0.717, 1.165) is 0 Å². The molecule has 0 spiro atoms. The number of hydrogen-bond acceptors (Lipinski definition) is 8. The summed E-state index contributed by atoms with van der Waals surface area (Å²) < 4.78 is 6.73. The van der Waals surface area contributed by atoms with Gasteiger partial charge >= 0.3 is 5.97 Å². The molecule has 3 N–H and O–H groups in total. The van der Waals surface area contributed by atoms with E-state index in [1.165, 1.54) is 29.0 Å². The lowest BCUT2D eigenvalue weighted by Gasteiger charge is -2.24. The van der Waals surface area contributed by atoms with Crippen LogP contribution in [0.1, 0.15) is 36.5 Å². The summed E-state index contributed by atoms with van der Waals surface area (Å²) in [7, 11) is 0. The Balaban J connectivity index is 1.78. The highest BCUT2D eigenvalue weighted by molar-refractivity contribution is 6.31. The molecule has 9 nitrogen and oxygen atoms in total. The number of nitrogens with zero attached hydrogens (tertiary/aromatic N) is 4. The zero-order valence-corrected chi connectivity index (χ0v) is 20.9. The number of benzene rings is 1. The van der Waals surface area contributed by atoms with Gasteiger partial charge < -0.3 is 20.1 Å². The maximum absolute atomic E-state index is 13.3. The van der Waals surface area contributed by atoms with Crippen LogP contribution in [0.3, 0.4) is 0 Å². The Morgan fingerprint density at radius 2 is 1.67 bits per heavy atom. The first-order valence-electron chi connectivity index (χ1n) is 11.0. The molecule has 4 rings (SSSR count). The van der Waals surface area contributed by atoms with Gasteiger partial charge in [-0.25, -0.2) is 9.97 Å². The van der Waals surface area contributed by atoms with Crippen molar-refractivity contribution in [3.8, 4) is 22.8 Å². The number of hydrogen-bond donors (Lipinski definition) is 3. The largest absolute Gasteiger partial charge is 0.434 e. The van der Waals surface area contributed by atoms with Gasteiger partial charge in [0.2, 0.25) is 0 Å². The van der Waals surface area contributed by atoms with Crippen molar-refractivity contribution >= 4 is 11.6 Å². The predicted octanol–water partition coefficient (Wildman–Crippen LogP) is 3.36. The van der Waals surface area contributed by atoms with Crippen LogP contribution in [0, 0.1) is 13.8 Å². The molecular weight excluding hydrogens is 484 g/mol. The average molecular weight is 509 g/mol. The molecule has 0 amide bonds. The average Bonchev–Trinajstić information content (AvgIpc) is 2.83. The zero-order chi connectivity index (χ0) is 26.3. The monoisotopic (exact) mass is 508 g/mol. The van der Waals surface area contributed by atoms with E-state index in [4.69, 9.17) is 16.3 Å². The number of aryl methyl sites for hydroxylation is 2. The van der Waals surface area contributed by atoms with Crippen LogP contribution < -0.4 is 10.3 Å². The third kappa shape index (κ3) is 5.00. The Morgan fingerprint density at radius 3 is 2.33 bits per heavy atom. The van der Waals surface area contributed by atoms with Gasteiger partial charge in [-0.2, -0.15) is 0 Å². The lowest BCUT2D eigenvalue weighted by atomic mass is 10.1. The van der Waals surface area contributed by atoms with Crippen LogP contribution in [-0.4, -0.2) is 34.8 Å². The summed E-state index contributed by atoms with van der Waals surface area (Å²) in [4.78, 5) is 26.3. The van der Waals surface area contributed by atoms with Crippen molar-refractivity contribution in [1.82, 2.24) is 19.5 Å². The number of aliphatic hydroxyl groups is 3. The molecule has 1 aromatic carbocycles. The number of pyridine rings is 2. The van der Waals surface area contributed by atoms with Gasteiger partial charge in [-0.05, 0) is 57.5 Å². The van der Waals surface area contributed by atoms with Crippen molar-refractivity contribution in [3.63, 3.8) is 0 Å². The molecule has 36 heavy (non-hydrogen) atoms. The molecule has 10 heteroatoms. The van der Waals surface area contributed by atoms with Gasteiger partial charge in [-0.1, -0.05) is 29.8 Å². The van der Waals surface area contributed by atoms with E-state index in [1.54, 1.807) is 64.2 Å². The van der Waals surface area contributed by atoms with E-state index in [-0.39, 0.29) is 22.2 Å². The number of rotatable bonds is 6. The van der Waals surface area contributed by atoms with Crippen LogP contribution in [0.4, 0.5) is 0 Å². The van der Waals surface area contributed by atoms with Crippen molar-refractivity contribution in [1.29, 1.82) is 0 Å². The van der Waals surface area contributed by atoms with Crippen LogP contribution in [-0.2, 0) is 11.6 Å². The maximum Gasteiger partial charge on any atom is 0.351 e. The Kier molecular flexibility index (Phi) is 6.68. The Labute approximate surface area is 212 Å². The maximum atomic E-state index is 13.3. The molecule has 186 valence electrons. The number of aromatic nitrogens is 4. The van der Waals surface area contributed by atoms with Gasteiger partial charge in [-0.15, -0.1) is 0 Å². The van der Waals surface area contributed by atoms with Crippen molar-refractivity contribution in [2.75, 3.05) is 0 Å². The Morgan fingerprint density at radius 1 is 0.972 bits per heavy atom. The molecule has 0 unspecified atom stereocenters. The van der Waals surface area contributed by atoms with E-state index in [1.807, 2.05) is 0 Å². The first-order chi connectivity index (χ1) is 16.9. The van der Waals surface area contributed by atoms with Crippen molar-refractivity contribution in [3.05, 3.63) is 98.9 Å². The summed E-state index contributed by atoms with van der Waals surface area (Å²) in [5, 5.41) is 30.8. The minimum absolute atomic E-state index is 0.0767. The third-order valence-corrected chi connectivity index (χ3v) is 5.83. The second kappa shape index (κ2) is 9.44. The minimum Gasteiger partial charge on any atom is -0.434 e. The highest BCUT2D eigenvalue weighted by atomic mass is 35.5. The van der Waals surface area contributed by atoms with Crippen LogP contribution in [0.2, 0.25) is 5.02 Å². The van der Waals surface area contributed by atoms with Crippen LogP contribution >= 0.6 is 11.6 Å². The van der Waals surface area contributed by atoms with Crippen LogP contribution in [0.15, 0.2) is 65.7 Å². The van der Waals surface area contributed by atoms with Gasteiger partial charge in [0, 0.05) is 24.2 Å². The molecule has 0 fully saturated rings. The van der Waals surface area contributed by atoms with Gasteiger partial charge in [-0.3, -0.25) is 14.3 Å². The van der Waals surface area contributed by atoms with Gasteiger partial charge in [0.05, 0.1) is 22.6 Å². The van der Waals surface area contributed by atoms with Crippen LogP contribution in [0.25, 0.3) is 17.1 Å². The minimum atomic E-state index is -2.69. The summed E-state index contributed by atoms with van der Waals surface area (Å²) in [5.74, 6) is -2.64. The SMILES string of the molecule is Cc1cnc(-c2ccnc(C(C)(C)O)n2)cc1-n1c(C)cc(OC(O)(O)c2ccccc2)c(Cl)c1=O. The molecule has 0 radical (unpaired) electrons. The molecule has 0 saturated carbocycles. The summed E-state index contributed by atoms with van der Waals surface area (Å²) in [5.41, 5.74) is 0.768. The quantitative estimate of drug-likeness (QED) is 0.338. The van der Waals surface area contributed by atoms with E-state index in [9.17, 15) is 20.1 Å². The highest BCUT2D eigenvalue weighted by Crippen LogP contribution is 2.31. The number of halogens is 1. The molecular formula is C26H25ClN4O5. The van der Waals surface area contributed by atoms with E-state index in [2.05, 4.69) is 15.0 Å². The summed E-state index contributed by atoms with van der Waals surface area (Å²) in [6, 6.07) is 12.7. The molecule has 0 aliphatic rings. The lowest BCUT2D eigenvalue weighted by molar-refractivity contribution is -0.304. The van der Waals surface area contributed by atoms with Gasteiger partial charge in [0.15, 0.2) is 11.6 Å². The Hall–Kier alpha value is -3.63. The third-order valence-electron chi connectivity index (χ3n) is 5.48. The molecule has 3 heterocycles. The predicted molar refractivity (Wildman–Crippen MR) is 134 cm³/mol. The van der Waals surface area contributed by atoms with Crippen molar-refractivity contribution < 1.29 is 20.1 Å². The Bertz CT molecular complexity index is 1480. The fraction of sp³-hybridized carbons (Fsp3) is 0.231. The van der Waals surface area contributed by atoms with Crippen LogP contribution in [0.5, 0.6) is 5.75 Å². The summed E-state index contributed by atoms with van der Waals surface area (Å²) in [6.45, 7) is 6.63. The molecule has 4 aromatic rings. The van der Waals surface area contributed by atoms with Crippen molar-refractivity contribution in [2.45, 2.75) is 39.3 Å². The van der Waals surface area contributed by atoms with Gasteiger partial charge in [0.1, 0.15) is 10.6 Å². The van der Waals surface area contributed by atoms with Gasteiger partial charge in [0.25, 0.3) is 5.56 Å². The summed E-state index contributed by atoms with van der Waals surface area (Å²) >= 11 is 6.35. The standard InChI is InChI=1S/C26H25ClN4O5/c1-15-14-29-19(18-10-11-28-24(30-18)25(3,4)33)13-20(15)31-16(2)12-21(22(27)23(31)32)36-26(34,35)17-8-6-5-7-9-17/h5-14,33-35H,1-4H3. The fourth-order valence-electron chi connectivity index (χ4n) is 3.61. The molecule has 0 aliphatic carbocycles. The normalized spacial score (nSPS) is 12.0. The second-order valence-electron chi connectivity index (χ2n) is 8.86. The zero-order valence-electron chi connectivity index (χ0n) is 20.1. The summed E-state index contributed by atoms with van der Waals surface area (Å²) in [6.07, 6.45) is 3.13. The second-order valence-corrected chi connectivity index (χ2v) is 9.24. The highest BCUT2D eigenvalue weighted by Gasteiger charge is 2.31. The van der Waals surface area contributed by atoms with E-state index in [0.29, 0.717) is 28.3 Å². The fourth-order valence-corrected chi connectivity index (χ4v) is 3.79. The molecule has 0 saturated heterocycles. The molecule has 3 aromatic heterocycles. The van der Waals surface area contributed by atoms with E-state index >= 15 is 0 Å². The first kappa shape index (κ1) is 25.5. The first-order valence-corrected chi connectivity index (χ1v) is 11.4. The molecule has 0 bridgehead atoms. The van der Waals surface area contributed by atoms with E-state index < -0.39 is 17.1 Å². The smallest absolute Gasteiger partial charge is 0.351 e. The number of ether oxygens (including phenoxy) is 1.